The molecule has 1 heterocycles. The number of carbonyl (C=O) groups is 1. The van der Waals surface area contributed by atoms with E-state index in [1.54, 1.807) is 6.07 Å². The number of halogens is 1. The van der Waals surface area contributed by atoms with E-state index in [9.17, 15) is 4.79 Å². The lowest BCUT2D eigenvalue weighted by molar-refractivity contribution is -0.121. The molecule has 1 saturated carbocycles. The molecule has 20 heavy (non-hydrogen) atoms. The quantitative estimate of drug-likeness (QED) is 0.933. The van der Waals surface area contributed by atoms with Gasteiger partial charge in [-0.25, -0.2) is 0 Å². The second-order valence-corrected chi connectivity index (χ2v) is 5.73. The topological polar surface area (TPSA) is 47.6 Å². The lowest BCUT2D eigenvalue weighted by Crippen LogP contribution is -2.33. The third-order valence-electron chi connectivity index (χ3n) is 3.74. The van der Waals surface area contributed by atoms with Gasteiger partial charge in [0.05, 0.1) is 11.4 Å². The van der Waals surface area contributed by atoms with Gasteiger partial charge in [0.1, 0.15) is 13.2 Å². The monoisotopic (exact) mass is 295 g/mol. The van der Waals surface area contributed by atoms with Gasteiger partial charge in [-0.1, -0.05) is 24.4 Å². The highest BCUT2D eigenvalue weighted by atomic mass is 35.5. The van der Waals surface area contributed by atoms with Crippen LogP contribution in [0.25, 0.3) is 0 Å². The van der Waals surface area contributed by atoms with Gasteiger partial charge in [-0.05, 0) is 30.5 Å². The summed E-state index contributed by atoms with van der Waals surface area (Å²) in [5.41, 5.74) is 0.856. The fraction of sp³-hybridized carbons (Fsp3) is 0.533. The fourth-order valence-corrected chi connectivity index (χ4v) is 3.09. The fourth-order valence-electron chi connectivity index (χ4n) is 2.80. The van der Waals surface area contributed by atoms with Crippen molar-refractivity contribution in [2.75, 3.05) is 13.2 Å². The third-order valence-corrected chi connectivity index (χ3v) is 4.02. The van der Waals surface area contributed by atoms with Crippen LogP contribution in [0, 0.1) is 0 Å². The molecule has 1 aliphatic carbocycles. The van der Waals surface area contributed by atoms with Crippen molar-refractivity contribution in [3.63, 3.8) is 0 Å². The van der Waals surface area contributed by atoms with Crippen LogP contribution in [0.15, 0.2) is 12.1 Å². The van der Waals surface area contributed by atoms with Crippen molar-refractivity contribution in [2.24, 2.45) is 0 Å². The molecule has 4 nitrogen and oxygen atoms in total. The van der Waals surface area contributed by atoms with E-state index in [1.165, 1.54) is 12.8 Å². The Balaban J connectivity index is 1.67. The average molecular weight is 296 g/mol. The summed E-state index contributed by atoms with van der Waals surface area (Å²) >= 11 is 6.16. The van der Waals surface area contributed by atoms with Gasteiger partial charge < -0.3 is 14.8 Å². The summed E-state index contributed by atoms with van der Waals surface area (Å²) in [5, 5.41) is 3.58. The Kier molecular flexibility index (Phi) is 4.01. The van der Waals surface area contributed by atoms with E-state index >= 15 is 0 Å². The lowest BCUT2D eigenvalue weighted by Gasteiger charge is -2.20. The first kappa shape index (κ1) is 13.6. The molecular formula is C15H18ClNO3. The van der Waals surface area contributed by atoms with E-state index in [1.807, 2.05) is 6.07 Å². The second-order valence-electron chi connectivity index (χ2n) is 5.33. The predicted molar refractivity (Wildman–Crippen MR) is 76.5 cm³/mol. The number of benzene rings is 1. The van der Waals surface area contributed by atoms with Crippen LogP contribution in [0.5, 0.6) is 11.5 Å². The Bertz CT molecular complexity index is 512. The van der Waals surface area contributed by atoms with Gasteiger partial charge in [-0.2, -0.15) is 0 Å². The van der Waals surface area contributed by atoms with Crippen molar-refractivity contribution in [1.29, 1.82) is 0 Å². The third kappa shape index (κ3) is 3.01. The van der Waals surface area contributed by atoms with Crippen LogP contribution in [0.3, 0.4) is 0 Å². The number of carbonyl (C=O) groups excluding carboxylic acids is 1. The first-order chi connectivity index (χ1) is 9.72. The van der Waals surface area contributed by atoms with Crippen LogP contribution < -0.4 is 14.8 Å². The largest absolute Gasteiger partial charge is 0.486 e. The molecule has 1 N–H and O–H groups in total. The molecular weight excluding hydrogens is 278 g/mol. The Morgan fingerprint density at radius 3 is 2.80 bits per heavy atom. The Labute approximate surface area is 123 Å². The normalized spacial score (nSPS) is 18.1. The summed E-state index contributed by atoms with van der Waals surface area (Å²) in [4.78, 5) is 12.0. The van der Waals surface area contributed by atoms with Gasteiger partial charge in [-0.15, -0.1) is 0 Å². The molecule has 0 spiro atoms. The minimum Gasteiger partial charge on any atom is -0.486 e. The highest BCUT2D eigenvalue weighted by Gasteiger charge is 2.20. The zero-order valence-corrected chi connectivity index (χ0v) is 12.0. The number of ether oxygens (including phenoxy) is 2. The molecule has 3 rings (SSSR count). The first-order valence-electron chi connectivity index (χ1n) is 7.10. The van der Waals surface area contributed by atoms with Gasteiger partial charge in [-0.3, -0.25) is 4.79 Å². The molecule has 0 bridgehead atoms. The van der Waals surface area contributed by atoms with E-state index in [0.29, 0.717) is 42.2 Å². The number of hydrogen-bond donors (Lipinski definition) is 1. The predicted octanol–water partition coefficient (Wildman–Crippen LogP) is 2.71. The highest BCUT2D eigenvalue weighted by molar-refractivity contribution is 6.32. The van der Waals surface area contributed by atoms with Crippen molar-refractivity contribution < 1.29 is 14.3 Å². The van der Waals surface area contributed by atoms with Crippen molar-refractivity contribution in [2.45, 2.75) is 38.1 Å². The van der Waals surface area contributed by atoms with Gasteiger partial charge >= 0.3 is 0 Å². The summed E-state index contributed by atoms with van der Waals surface area (Å²) in [6.45, 7) is 1.02. The van der Waals surface area contributed by atoms with Crippen LogP contribution >= 0.6 is 11.6 Å². The standard InChI is InChI=1S/C15H18ClNO3/c16-12-7-10(8-13-15(12)20-6-5-19-13)9-14(18)17-11-3-1-2-4-11/h7-8,11H,1-6,9H2,(H,17,18). The van der Waals surface area contributed by atoms with Crippen LogP contribution in [-0.4, -0.2) is 25.2 Å². The van der Waals surface area contributed by atoms with Gasteiger partial charge in [0.15, 0.2) is 11.5 Å². The van der Waals surface area contributed by atoms with Crippen LogP contribution in [0.2, 0.25) is 5.02 Å². The molecule has 1 aliphatic heterocycles. The molecule has 0 saturated heterocycles. The number of hydrogen-bond acceptors (Lipinski definition) is 3. The molecule has 1 aromatic carbocycles. The number of amides is 1. The van der Waals surface area contributed by atoms with E-state index in [4.69, 9.17) is 21.1 Å². The van der Waals surface area contributed by atoms with Crippen molar-refractivity contribution in [1.82, 2.24) is 5.32 Å². The minimum absolute atomic E-state index is 0.0460. The maximum atomic E-state index is 12.0. The van der Waals surface area contributed by atoms with Gasteiger partial charge in [0.25, 0.3) is 0 Å². The van der Waals surface area contributed by atoms with E-state index in [2.05, 4.69) is 5.32 Å². The van der Waals surface area contributed by atoms with E-state index < -0.39 is 0 Å². The van der Waals surface area contributed by atoms with Gasteiger partial charge in [0, 0.05) is 6.04 Å². The maximum Gasteiger partial charge on any atom is 0.224 e. The van der Waals surface area contributed by atoms with E-state index in [-0.39, 0.29) is 5.91 Å². The molecule has 1 fully saturated rings. The Morgan fingerprint density at radius 2 is 2.00 bits per heavy atom. The van der Waals surface area contributed by atoms with E-state index in [0.717, 1.165) is 18.4 Å². The summed E-state index contributed by atoms with van der Waals surface area (Å²) in [6.07, 6.45) is 4.93. The zero-order chi connectivity index (χ0) is 13.9. The Hall–Kier alpha value is -1.42. The van der Waals surface area contributed by atoms with Crippen LogP contribution in [-0.2, 0) is 11.2 Å². The molecule has 2 aliphatic rings. The summed E-state index contributed by atoms with van der Waals surface area (Å²) < 4.78 is 11.0. The Morgan fingerprint density at radius 1 is 1.25 bits per heavy atom. The number of nitrogens with one attached hydrogen (secondary N) is 1. The highest BCUT2D eigenvalue weighted by Crippen LogP contribution is 2.38. The van der Waals surface area contributed by atoms with Crippen LogP contribution in [0.1, 0.15) is 31.2 Å². The SMILES string of the molecule is O=C(Cc1cc(Cl)c2c(c1)OCCO2)NC1CCCC1. The van der Waals surface area contributed by atoms with Crippen molar-refractivity contribution in [3.8, 4) is 11.5 Å². The van der Waals surface area contributed by atoms with Crippen molar-refractivity contribution in [3.05, 3.63) is 22.7 Å². The van der Waals surface area contributed by atoms with Crippen molar-refractivity contribution >= 4 is 17.5 Å². The number of fused-ring (bicyclic) bond motifs is 1. The molecule has 108 valence electrons. The molecule has 5 heteroatoms. The molecule has 0 radical (unpaired) electrons. The summed E-state index contributed by atoms with van der Waals surface area (Å²) in [7, 11) is 0. The summed E-state index contributed by atoms with van der Waals surface area (Å²) in [6, 6.07) is 3.97. The number of rotatable bonds is 3. The molecule has 1 aromatic rings. The minimum atomic E-state index is 0.0460. The van der Waals surface area contributed by atoms with Crippen LogP contribution in [0.4, 0.5) is 0 Å². The smallest absolute Gasteiger partial charge is 0.224 e. The maximum absolute atomic E-state index is 12.0. The zero-order valence-electron chi connectivity index (χ0n) is 11.3. The lowest BCUT2D eigenvalue weighted by atomic mass is 10.1. The molecule has 0 aromatic heterocycles. The first-order valence-corrected chi connectivity index (χ1v) is 7.47. The summed E-state index contributed by atoms with van der Waals surface area (Å²) in [5.74, 6) is 1.26. The van der Waals surface area contributed by atoms with Gasteiger partial charge in [0.2, 0.25) is 5.91 Å². The molecule has 1 amide bonds. The molecule has 0 atom stereocenters. The molecule has 0 unspecified atom stereocenters. The average Bonchev–Trinajstić information content (AvgIpc) is 2.91. The second kappa shape index (κ2) is 5.92.